The molecule has 0 unspecified atom stereocenters. The first-order valence-electron chi connectivity index (χ1n) is 6.85. The zero-order chi connectivity index (χ0) is 14.2. The standard InChI is InChI=1S/C13H18IN3O2S/c14-20(18,19)16-8-5-11(6-9-16)17-10-7-15-12-3-1-2-4-13(12)17/h1-4,11,15H,5-10H2. The molecule has 0 aromatic heterocycles. The summed E-state index contributed by atoms with van der Waals surface area (Å²) >= 11 is 1.53. The number of piperidine rings is 1. The zero-order valence-electron chi connectivity index (χ0n) is 11.1. The molecule has 0 atom stereocenters. The maximum atomic E-state index is 11.6. The van der Waals surface area contributed by atoms with E-state index in [2.05, 4.69) is 28.4 Å². The Kier molecular flexibility index (Phi) is 4.09. The van der Waals surface area contributed by atoms with E-state index in [-0.39, 0.29) is 0 Å². The van der Waals surface area contributed by atoms with Gasteiger partial charge in [0, 0.05) is 32.2 Å². The van der Waals surface area contributed by atoms with Crippen LogP contribution in [0.5, 0.6) is 0 Å². The quantitative estimate of drug-likeness (QED) is 0.603. The average molecular weight is 407 g/mol. The van der Waals surface area contributed by atoms with E-state index in [4.69, 9.17) is 0 Å². The third-order valence-corrected chi connectivity index (χ3v) is 6.71. The SMILES string of the molecule is O=S(=O)(I)N1CCC(N2CCNc3ccccc32)CC1. The van der Waals surface area contributed by atoms with Gasteiger partial charge in [0.1, 0.15) is 0 Å². The number of anilines is 2. The Morgan fingerprint density at radius 2 is 1.85 bits per heavy atom. The molecule has 0 bridgehead atoms. The van der Waals surface area contributed by atoms with E-state index in [1.807, 2.05) is 6.07 Å². The monoisotopic (exact) mass is 407 g/mol. The van der Waals surface area contributed by atoms with E-state index in [9.17, 15) is 8.42 Å². The van der Waals surface area contributed by atoms with Crippen LogP contribution in [0.3, 0.4) is 0 Å². The van der Waals surface area contributed by atoms with Gasteiger partial charge in [0.05, 0.1) is 32.6 Å². The van der Waals surface area contributed by atoms with E-state index in [1.165, 1.54) is 32.6 Å². The second-order valence-corrected chi connectivity index (χ2v) is 9.89. The minimum Gasteiger partial charge on any atom is -0.382 e. The topological polar surface area (TPSA) is 52.7 Å². The summed E-state index contributed by atoms with van der Waals surface area (Å²) in [5.74, 6) is 0. The molecule has 20 heavy (non-hydrogen) atoms. The number of hydrogen-bond acceptors (Lipinski definition) is 4. The van der Waals surface area contributed by atoms with Crippen molar-refractivity contribution in [3.05, 3.63) is 24.3 Å². The Morgan fingerprint density at radius 3 is 2.55 bits per heavy atom. The van der Waals surface area contributed by atoms with Crippen molar-refractivity contribution in [3.8, 4) is 0 Å². The van der Waals surface area contributed by atoms with E-state index < -0.39 is 7.19 Å². The number of fused-ring (bicyclic) bond motifs is 1. The Balaban J connectivity index is 1.74. The summed E-state index contributed by atoms with van der Waals surface area (Å²) < 4.78 is 24.7. The molecule has 5 nitrogen and oxygen atoms in total. The lowest BCUT2D eigenvalue weighted by atomic mass is 10.0. The van der Waals surface area contributed by atoms with Gasteiger partial charge in [-0.15, -0.1) is 0 Å². The molecule has 1 aromatic carbocycles. The first kappa shape index (κ1) is 14.4. The Morgan fingerprint density at radius 1 is 1.15 bits per heavy atom. The number of benzene rings is 1. The van der Waals surface area contributed by atoms with Crippen molar-refractivity contribution >= 4 is 39.8 Å². The van der Waals surface area contributed by atoms with Crippen LogP contribution in [0.2, 0.25) is 0 Å². The second kappa shape index (κ2) is 5.69. The molecule has 0 saturated carbocycles. The zero-order valence-corrected chi connectivity index (χ0v) is 14.1. The van der Waals surface area contributed by atoms with E-state index in [0.717, 1.165) is 25.9 Å². The van der Waals surface area contributed by atoms with Gasteiger partial charge in [0.25, 0.3) is 7.19 Å². The minimum atomic E-state index is -3.07. The van der Waals surface area contributed by atoms with Crippen molar-refractivity contribution in [2.75, 3.05) is 36.4 Å². The summed E-state index contributed by atoms with van der Waals surface area (Å²) in [5.41, 5.74) is 2.43. The fourth-order valence-electron chi connectivity index (χ4n) is 3.06. The van der Waals surface area contributed by atoms with Crippen LogP contribution in [0, 0.1) is 0 Å². The van der Waals surface area contributed by atoms with Gasteiger partial charge in [-0.1, -0.05) is 12.1 Å². The van der Waals surface area contributed by atoms with Crippen LogP contribution in [-0.2, 0) is 7.19 Å². The van der Waals surface area contributed by atoms with Gasteiger partial charge in [-0.3, -0.25) is 0 Å². The van der Waals surface area contributed by atoms with E-state index in [0.29, 0.717) is 19.1 Å². The highest BCUT2D eigenvalue weighted by Gasteiger charge is 2.30. The van der Waals surface area contributed by atoms with Gasteiger partial charge in [0.2, 0.25) is 0 Å². The summed E-state index contributed by atoms with van der Waals surface area (Å²) in [4.78, 5) is 2.43. The van der Waals surface area contributed by atoms with Gasteiger partial charge in [-0.2, -0.15) is 4.31 Å². The molecule has 0 spiro atoms. The summed E-state index contributed by atoms with van der Waals surface area (Å²) in [5, 5.41) is 3.42. The van der Waals surface area contributed by atoms with E-state index in [1.54, 1.807) is 4.31 Å². The summed E-state index contributed by atoms with van der Waals surface area (Å²) in [6.07, 6.45) is 1.80. The lowest BCUT2D eigenvalue weighted by Crippen LogP contribution is -2.48. The molecule has 0 radical (unpaired) electrons. The van der Waals surface area contributed by atoms with Crippen molar-refractivity contribution in [2.45, 2.75) is 18.9 Å². The van der Waals surface area contributed by atoms with E-state index >= 15 is 0 Å². The second-order valence-electron chi connectivity index (χ2n) is 5.21. The van der Waals surface area contributed by atoms with Gasteiger partial charge in [-0.25, -0.2) is 8.42 Å². The molecular formula is C13H18IN3O2S. The molecule has 1 N–H and O–H groups in total. The molecule has 2 aliphatic heterocycles. The molecule has 110 valence electrons. The smallest absolute Gasteiger partial charge is 0.267 e. The highest BCUT2D eigenvalue weighted by atomic mass is 127. The van der Waals surface area contributed by atoms with Crippen LogP contribution >= 0.6 is 21.2 Å². The largest absolute Gasteiger partial charge is 0.382 e. The summed E-state index contributed by atoms with van der Waals surface area (Å²) in [7, 11) is -3.07. The molecular weight excluding hydrogens is 389 g/mol. The minimum absolute atomic E-state index is 0.438. The predicted molar refractivity (Wildman–Crippen MR) is 89.8 cm³/mol. The molecule has 2 heterocycles. The maximum absolute atomic E-state index is 11.6. The fourth-order valence-corrected chi connectivity index (χ4v) is 4.88. The third-order valence-electron chi connectivity index (χ3n) is 4.05. The number of nitrogens with one attached hydrogen (secondary N) is 1. The molecule has 2 aliphatic rings. The Hall–Kier alpha value is -0.540. The molecule has 1 saturated heterocycles. The molecule has 0 amide bonds. The number of rotatable bonds is 2. The highest BCUT2D eigenvalue weighted by Crippen LogP contribution is 2.33. The van der Waals surface area contributed by atoms with Crippen LogP contribution in [-0.4, -0.2) is 44.9 Å². The van der Waals surface area contributed by atoms with Crippen LogP contribution < -0.4 is 10.2 Å². The first-order chi connectivity index (χ1) is 9.55. The normalized spacial score (nSPS) is 21.4. The molecule has 1 aromatic rings. The van der Waals surface area contributed by atoms with Crippen LogP contribution in [0.25, 0.3) is 0 Å². The number of halogens is 1. The van der Waals surface area contributed by atoms with Crippen molar-refractivity contribution in [1.82, 2.24) is 4.31 Å². The Labute approximate surface area is 132 Å². The van der Waals surface area contributed by atoms with Crippen molar-refractivity contribution in [3.63, 3.8) is 0 Å². The summed E-state index contributed by atoms with van der Waals surface area (Å²) in [6.45, 7) is 3.19. The van der Waals surface area contributed by atoms with Crippen LogP contribution in [0.1, 0.15) is 12.8 Å². The Bertz CT molecular complexity index is 585. The van der Waals surface area contributed by atoms with Gasteiger partial charge in [-0.05, 0) is 25.0 Å². The number of nitrogens with zero attached hydrogens (tertiary/aromatic N) is 2. The fraction of sp³-hybridized carbons (Fsp3) is 0.538. The molecule has 0 aliphatic carbocycles. The van der Waals surface area contributed by atoms with Crippen molar-refractivity contribution in [1.29, 1.82) is 0 Å². The van der Waals surface area contributed by atoms with Crippen molar-refractivity contribution in [2.24, 2.45) is 0 Å². The average Bonchev–Trinajstić information content (AvgIpc) is 2.46. The molecule has 1 fully saturated rings. The van der Waals surface area contributed by atoms with Gasteiger partial charge in [0.15, 0.2) is 0 Å². The number of para-hydroxylation sites is 2. The number of hydrogen-bond donors (Lipinski definition) is 1. The van der Waals surface area contributed by atoms with Gasteiger partial charge < -0.3 is 10.2 Å². The lowest BCUT2D eigenvalue weighted by Gasteiger charge is -2.41. The molecule has 7 heteroatoms. The first-order valence-corrected chi connectivity index (χ1v) is 10.8. The maximum Gasteiger partial charge on any atom is 0.267 e. The van der Waals surface area contributed by atoms with Gasteiger partial charge >= 0.3 is 0 Å². The highest BCUT2D eigenvalue weighted by molar-refractivity contribution is 14.2. The lowest BCUT2D eigenvalue weighted by molar-refractivity contribution is 0.316. The van der Waals surface area contributed by atoms with Crippen LogP contribution in [0.15, 0.2) is 24.3 Å². The van der Waals surface area contributed by atoms with Crippen molar-refractivity contribution < 1.29 is 8.42 Å². The molecule has 3 rings (SSSR count). The summed E-state index contributed by atoms with van der Waals surface area (Å²) in [6, 6.07) is 8.78. The third kappa shape index (κ3) is 2.89. The van der Waals surface area contributed by atoms with Crippen LogP contribution in [0.4, 0.5) is 11.4 Å². The predicted octanol–water partition coefficient (Wildman–Crippen LogP) is 2.06.